The Hall–Kier alpha value is -3.60. The molecule has 1 N–H and O–H groups in total. The van der Waals surface area contributed by atoms with E-state index in [2.05, 4.69) is 4.72 Å². The Bertz CT molecular complexity index is 1310. The molecule has 184 valence electrons. The highest BCUT2D eigenvalue weighted by molar-refractivity contribution is 7.92. The van der Waals surface area contributed by atoms with Crippen molar-refractivity contribution in [3.8, 4) is 0 Å². The lowest BCUT2D eigenvalue weighted by atomic mass is 10.1. The molecule has 1 heterocycles. The zero-order valence-corrected chi connectivity index (χ0v) is 19.1. The quantitative estimate of drug-likeness (QED) is 0.450. The van der Waals surface area contributed by atoms with Crippen LogP contribution >= 0.6 is 0 Å². The van der Waals surface area contributed by atoms with Gasteiger partial charge in [-0.15, -0.1) is 0 Å². The van der Waals surface area contributed by atoms with Crippen molar-refractivity contribution in [2.45, 2.75) is 24.0 Å². The number of carbonyl (C=O) groups excluding carboxylic acids is 1. The van der Waals surface area contributed by atoms with Crippen molar-refractivity contribution in [3.05, 3.63) is 89.7 Å². The van der Waals surface area contributed by atoms with Crippen LogP contribution in [0.15, 0.2) is 77.7 Å². The Morgan fingerprint density at radius 2 is 1.60 bits per heavy atom. The highest BCUT2D eigenvalue weighted by atomic mass is 32.2. The summed E-state index contributed by atoms with van der Waals surface area (Å²) in [6.45, 7) is 0.856. The van der Waals surface area contributed by atoms with E-state index in [4.69, 9.17) is 0 Å². The standard InChI is InChI=1S/C24H21F4N3O3S/c25-19-5-11-22(12-6-19)35(33,34)29-20-7-9-21(10-8-20)31-14-2-13-30(23(31)32)16-17-3-1-4-18(15-17)24(26,27)28/h1,3-12,15,29H,2,13-14,16H2. The molecule has 4 rings (SSSR count). The van der Waals surface area contributed by atoms with Gasteiger partial charge < -0.3 is 4.90 Å². The number of hydrogen-bond donors (Lipinski definition) is 1. The topological polar surface area (TPSA) is 69.7 Å². The lowest BCUT2D eigenvalue weighted by Gasteiger charge is -2.35. The second kappa shape index (κ2) is 9.57. The van der Waals surface area contributed by atoms with Gasteiger partial charge in [0.1, 0.15) is 5.82 Å². The molecule has 1 saturated heterocycles. The van der Waals surface area contributed by atoms with E-state index in [1.807, 2.05) is 0 Å². The fourth-order valence-corrected chi connectivity index (χ4v) is 4.83. The minimum Gasteiger partial charge on any atom is -0.320 e. The second-order valence-electron chi connectivity index (χ2n) is 8.01. The highest BCUT2D eigenvalue weighted by Gasteiger charge is 2.31. The smallest absolute Gasteiger partial charge is 0.320 e. The highest BCUT2D eigenvalue weighted by Crippen LogP contribution is 2.30. The maximum absolute atomic E-state index is 13.1. The minimum atomic E-state index is -4.46. The molecule has 0 aliphatic carbocycles. The third-order valence-corrected chi connectivity index (χ3v) is 6.89. The molecule has 35 heavy (non-hydrogen) atoms. The van der Waals surface area contributed by atoms with E-state index < -0.39 is 27.6 Å². The SMILES string of the molecule is O=C1N(Cc2cccc(C(F)(F)F)c2)CCCN1c1ccc(NS(=O)(=O)c2ccc(F)cc2)cc1. The molecule has 11 heteroatoms. The van der Waals surface area contributed by atoms with Crippen LogP contribution in [-0.2, 0) is 22.7 Å². The molecule has 2 amide bonds. The van der Waals surface area contributed by atoms with Crippen LogP contribution in [0.2, 0.25) is 0 Å². The average Bonchev–Trinajstić information content (AvgIpc) is 2.81. The van der Waals surface area contributed by atoms with Crippen molar-refractivity contribution in [1.29, 1.82) is 0 Å². The number of urea groups is 1. The molecule has 1 aliphatic rings. The molecule has 0 aromatic heterocycles. The van der Waals surface area contributed by atoms with Crippen molar-refractivity contribution in [2.24, 2.45) is 0 Å². The predicted octanol–water partition coefficient (Wildman–Crippen LogP) is 5.48. The van der Waals surface area contributed by atoms with E-state index in [9.17, 15) is 30.8 Å². The van der Waals surface area contributed by atoms with Crippen LogP contribution in [0.4, 0.5) is 33.7 Å². The maximum Gasteiger partial charge on any atom is 0.416 e. The van der Waals surface area contributed by atoms with Gasteiger partial charge in [-0.3, -0.25) is 9.62 Å². The maximum atomic E-state index is 13.1. The van der Waals surface area contributed by atoms with Crippen LogP contribution in [-0.4, -0.2) is 32.4 Å². The summed E-state index contributed by atoms with van der Waals surface area (Å²) in [5, 5.41) is 0. The number of anilines is 2. The molecule has 6 nitrogen and oxygen atoms in total. The molecular formula is C24H21F4N3O3S. The van der Waals surface area contributed by atoms with Gasteiger partial charge in [0.15, 0.2) is 0 Å². The van der Waals surface area contributed by atoms with Gasteiger partial charge in [-0.05, 0) is 72.6 Å². The molecule has 1 aliphatic heterocycles. The lowest BCUT2D eigenvalue weighted by molar-refractivity contribution is -0.137. The summed E-state index contributed by atoms with van der Waals surface area (Å²) in [7, 11) is -3.92. The number of nitrogens with one attached hydrogen (secondary N) is 1. The van der Waals surface area contributed by atoms with Gasteiger partial charge in [-0.2, -0.15) is 13.2 Å². The summed E-state index contributed by atoms with van der Waals surface area (Å²) in [6, 6.07) is 15.1. The van der Waals surface area contributed by atoms with Gasteiger partial charge in [0.05, 0.1) is 10.5 Å². The van der Waals surface area contributed by atoms with Gasteiger partial charge in [0.2, 0.25) is 0 Å². The van der Waals surface area contributed by atoms with E-state index in [-0.39, 0.29) is 23.2 Å². The Balaban J connectivity index is 1.45. The number of sulfonamides is 1. The summed E-state index contributed by atoms with van der Waals surface area (Å²) in [4.78, 5) is 15.9. The molecular weight excluding hydrogens is 486 g/mol. The molecule has 0 unspecified atom stereocenters. The zero-order valence-electron chi connectivity index (χ0n) is 18.3. The third kappa shape index (κ3) is 5.73. The van der Waals surface area contributed by atoms with Gasteiger partial charge >= 0.3 is 12.2 Å². The Kier molecular flexibility index (Phi) is 6.70. The van der Waals surface area contributed by atoms with E-state index in [0.29, 0.717) is 30.8 Å². The molecule has 3 aromatic carbocycles. The van der Waals surface area contributed by atoms with Crippen molar-refractivity contribution in [2.75, 3.05) is 22.7 Å². The Morgan fingerprint density at radius 1 is 0.914 bits per heavy atom. The summed E-state index contributed by atoms with van der Waals surface area (Å²) < 4.78 is 79.5. The van der Waals surface area contributed by atoms with E-state index >= 15 is 0 Å². The van der Waals surface area contributed by atoms with Crippen molar-refractivity contribution < 1.29 is 30.8 Å². The number of amides is 2. The fraction of sp³-hybridized carbons (Fsp3) is 0.208. The first-order valence-electron chi connectivity index (χ1n) is 10.6. The van der Waals surface area contributed by atoms with Crippen LogP contribution in [0.1, 0.15) is 17.5 Å². The van der Waals surface area contributed by atoms with Gasteiger partial charge in [-0.25, -0.2) is 17.6 Å². The summed E-state index contributed by atoms with van der Waals surface area (Å²) in [5.41, 5.74) is 0.382. The molecule has 3 aromatic rings. The van der Waals surface area contributed by atoms with Crippen LogP contribution in [0.5, 0.6) is 0 Å². The Morgan fingerprint density at radius 3 is 2.26 bits per heavy atom. The molecule has 0 radical (unpaired) electrons. The Labute approximate surface area is 199 Å². The van der Waals surface area contributed by atoms with Crippen LogP contribution < -0.4 is 9.62 Å². The number of benzene rings is 3. The molecule has 0 spiro atoms. The monoisotopic (exact) mass is 507 g/mol. The van der Waals surface area contributed by atoms with Crippen molar-refractivity contribution >= 4 is 27.4 Å². The first-order valence-corrected chi connectivity index (χ1v) is 12.1. The van der Waals surface area contributed by atoms with Crippen molar-refractivity contribution in [1.82, 2.24) is 4.90 Å². The van der Waals surface area contributed by atoms with Crippen molar-refractivity contribution in [3.63, 3.8) is 0 Å². The number of nitrogens with zero attached hydrogens (tertiary/aromatic N) is 2. The first-order chi connectivity index (χ1) is 16.5. The van der Waals surface area contributed by atoms with E-state index in [1.54, 1.807) is 18.2 Å². The molecule has 1 fully saturated rings. The normalized spacial score (nSPS) is 14.8. The van der Waals surface area contributed by atoms with Gasteiger partial charge in [0, 0.05) is 31.0 Å². The predicted molar refractivity (Wildman–Crippen MR) is 123 cm³/mol. The minimum absolute atomic E-state index is 0.0365. The molecule has 0 bridgehead atoms. The number of hydrogen-bond acceptors (Lipinski definition) is 3. The summed E-state index contributed by atoms with van der Waals surface area (Å²) in [6.07, 6.45) is -3.85. The van der Waals surface area contributed by atoms with E-state index in [1.165, 1.54) is 28.0 Å². The first kappa shape index (κ1) is 24.5. The zero-order chi connectivity index (χ0) is 25.2. The van der Waals surface area contributed by atoms with E-state index in [0.717, 1.165) is 36.4 Å². The third-order valence-electron chi connectivity index (χ3n) is 5.49. The molecule has 0 atom stereocenters. The second-order valence-corrected chi connectivity index (χ2v) is 9.70. The fourth-order valence-electron chi connectivity index (χ4n) is 3.77. The number of alkyl halides is 3. The molecule has 0 saturated carbocycles. The number of halogens is 4. The lowest BCUT2D eigenvalue weighted by Crippen LogP contribution is -2.49. The largest absolute Gasteiger partial charge is 0.416 e. The van der Waals surface area contributed by atoms with Gasteiger partial charge in [-0.1, -0.05) is 12.1 Å². The van der Waals surface area contributed by atoms with Crippen LogP contribution in [0.25, 0.3) is 0 Å². The number of rotatable bonds is 6. The average molecular weight is 508 g/mol. The van der Waals surface area contributed by atoms with Crippen LogP contribution in [0.3, 0.4) is 0 Å². The van der Waals surface area contributed by atoms with Crippen LogP contribution in [0, 0.1) is 5.82 Å². The summed E-state index contributed by atoms with van der Waals surface area (Å²) in [5.74, 6) is -0.554. The van der Waals surface area contributed by atoms with Gasteiger partial charge in [0.25, 0.3) is 10.0 Å². The summed E-state index contributed by atoms with van der Waals surface area (Å²) >= 11 is 0. The number of carbonyl (C=O) groups is 1.